The first kappa shape index (κ1) is 25.4. The number of esters is 1. The van der Waals surface area contributed by atoms with Gasteiger partial charge in [0.25, 0.3) is 0 Å². The minimum atomic E-state index is -0.178. The number of carbonyl (C=O) groups excluding carboxylic acids is 1. The van der Waals surface area contributed by atoms with Crippen molar-refractivity contribution in [1.29, 1.82) is 0 Å². The van der Waals surface area contributed by atoms with Crippen molar-refractivity contribution in [2.75, 3.05) is 32.8 Å². The van der Waals surface area contributed by atoms with Crippen LogP contribution in [0.1, 0.15) is 66.2 Å². The van der Waals surface area contributed by atoms with Crippen LogP contribution in [0.3, 0.4) is 0 Å². The van der Waals surface area contributed by atoms with Crippen LogP contribution in [-0.2, 0) is 14.3 Å². The minimum absolute atomic E-state index is 0. The summed E-state index contributed by atoms with van der Waals surface area (Å²) >= 11 is 0. The fourth-order valence-corrected chi connectivity index (χ4v) is 3.24. The maximum Gasteiger partial charge on any atom is 0.307 e. The number of hydrogen-bond donors (Lipinski definition) is 2. The monoisotopic (exact) mass is 483 g/mol. The summed E-state index contributed by atoms with van der Waals surface area (Å²) in [6.45, 7) is 11.5. The molecule has 7 heteroatoms. The van der Waals surface area contributed by atoms with Gasteiger partial charge in [0.1, 0.15) is 0 Å². The topological polar surface area (TPSA) is 72.0 Å². The van der Waals surface area contributed by atoms with E-state index in [1.807, 2.05) is 27.7 Å². The van der Waals surface area contributed by atoms with Gasteiger partial charge in [0.2, 0.25) is 0 Å². The van der Waals surface area contributed by atoms with Crippen LogP contribution in [0.5, 0.6) is 0 Å². The lowest BCUT2D eigenvalue weighted by Gasteiger charge is -2.27. The molecule has 2 N–H and O–H groups in total. The predicted octanol–water partition coefficient (Wildman–Crippen LogP) is 3.49. The Bertz CT molecular complexity index is 411. The maximum atomic E-state index is 11.6. The summed E-state index contributed by atoms with van der Waals surface area (Å²) in [7, 11) is 0. The zero-order chi connectivity index (χ0) is 18.5. The SMILES string of the molecule is CCNC(=NCC1(CCOCC)CCCC1)NCCC(=O)OC(C)C.I. The number of carbonyl (C=O) groups is 1. The number of ether oxygens (including phenoxy) is 2. The van der Waals surface area contributed by atoms with Crippen molar-refractivity contribution in [1.82, 2.24) is 10.6 Å². The van der Waals surface area contributed by atoms with Crippen LogP contribution < -0.4 is 10.6 Å². The Kier molecular flexibility index (Phi) is 14.2. The zero-order valence-electron chi connectivity index (χ0n) is 16.9. The van der Waals surface area contributed by atoms with E-state index in [4.69, 9.17) is 14.5 Å². The van der Waals surface area contributed by atoms with E-state index < -0.39 is 0 Å². The van der Waals surface area contributed by atoms with Crippen molar-refractivity contribution in [2.45, 2.75) is 72.3 Å². The Morgan fingerprint density at radius 3 is 2.46 bits per heavy atom. The van der Waals surface area contributed by atoms with Crippen LogP contribution in [0.25, 0.3) is 0 Å². The Hall–Kier alpha value is -0.570. The summed E-state index contributed by atoms with van der Waals surface area (Å²) in [4.78, 5) is 16.4. The third-order valence-corrected chi connectivity index (χ3v) is 4.55. The van der Waals surface area contributed by atoms with Crippen LogP contribution in [0.2, 0.25) is 0 Å². The van der Waals surface area contributed by atoms with Crippen LogP contribution >= 0.6 is 24.0 Å². The normalized spacial score (nSPS) is 16.3. The van der Waals surface area contributed by atoms with Gasteiger partial charge in [-0.05, 0) is 52.4 Å². The Morgan fingerprint density at radius 1 is 1.19 bits per heavy atom. The number of guanidine groups is 1. The molecule has 0 radical (unpaired) electrons. The van der Waals surface area contributed by atoms with Gasteiger partial charge in [-0.1, -0.05) is 12.8 Å². The standard InChI is InChI=1S/C19H37N3O3.HI/c1-5-20-18(21-13-9-17(23)25-16(3)4)22-15-19(10-7-8-11-19)12-14-24-6-2;/h16H,5-15H2,1-4H3,(H2,20,21,22);1H. The molecule has 154 valence electrons. The Morgan fingerprint density at radius 2 is 1.88 bits per heavy atom. The van der Waals surface area contributed by atoms with Gasteiger partial charge in [0.05, 0.1) is 12.5 Å². The number of aliphatic imine (C=N–C) groups is 1. The van der Waals surface area contributed by atoms with Crippen molar-refractivity contribution in [3.05, 3.63) is 0 Å². The van der Waals surface area contributed by atoms with Crippen LogP contribution in [0, 0.1) is 5.41 Å². The van der Waals surface area contributed by atoms with E-state index in [-0.39, 0.29) is 41.5 Å². The van der Waals surface area contributed by atoms with E-state index >= 15 is 0 Å². The van der Waals surface area contributed by atoms with Gasteiger partial charge in [-0.3, -0.25) is 9.79 Å². The third kappa shape index (κ3) is 10.5. The number of halogens is 1. The number of nitrogens with one attached hydrogen (secondary N) is 2. The highest BCUT2D eigenvalue weighted by Crippen LogP contribution is 2.41. The summed E-state index contributed by atoms with van der Waals surface area (Å²) in [5, 5.41) is 6.50. The number of rotatable bonds is 11. The molecular formula is C19H38IN3O3. The molecule has 6 nitrogen and oxygen atoms in total. The molecule has 0 aliphatic heterocycles. The molecule has 0 saturated heterocycles. The fraction of sp³-hybridized carbons (Fsp3) is 0.895. The van der Waals surface area contributed by atoms with Gasteiger partial charge in [0.15, 0.2) is 5.96 Å². The average Bonchev–Trinajstić information content (AvgIpc) is 3.01. The molecule has 0 unspecified atom stereocenters. The van der Waals surface area contributed by atoms with Gasteiger partial charge in [-0.2, -0.15) is 0 Å². The second kappa shape index (κ2) is 14.5. The maximum absolute atomic E-state index is 11.6. The molecule has 0 heterocycles. The first-order chi connectivity index (χ1) is 12.0. The van der Waals surface area contributed by atoms with E-state index in [9.17, 15) is 4.79 Å². The molecule has 1 aliphatic rings. The lowest BCUT2D eigenvalue weighted by molar-refractivity contribution is -0.147. The molecule has 0 aromatic carbocycles. The molecule has 1 saturated carbocycles. The van der Waals surface area contributed by atoms with Crippen LogP contribution in [0.15, 0.2) is 4.99 Å². The van der Waals surface area contributed by atoms with E-state index in [1.165, 1.54) is 25.7 Å². The second-order valence-corrected chi connectivity index (χ2v) is 7.06. The molecule has 26 heavy (non-hydrogen) atoms. The zero-order valence-corrected chi connectivity index (χ0v) is 19.3. The first-order valence-electron chi connectivity index (χ1n) is 9.80. The summed E-state index contributed by atoms with van der Waals surface area (Å²) < 4.78 is 10.7. The molecule has 0 aromatic rings. The van der Waals surface area contributed by atoms with Crippen molar-refractivity contribution in [2.24, 2.45) is 10.4 Å². The Labute approximate surface area is 176 Å². The molecule has 1 rings (SSSR count). The molecule has 0 aromatic heterocycles. The molecular weight excluding hydrogens is 445 g/mol. The van der Waals surface area contributed by atoms with E-state index in [2.05, 4.69) is 10.6 Å². The predicted molar refractivity (Wildman–Crippen MR) is 117 cm³/mol. The van der Waals surface area contributed by atoms with Crippen LogP contribution in [-0.4, -0.2) is 50.9 Å². The summed E-state index contributed by atoms with van der Waals surface area (Å²) in [5.41, 5.74) is 0.272. The molecule has 0 spiro atoms. The highest BCUT2D eigenvalue weighted by molar-refractivity contribution is 14.0. The van der Waals surface area contributed by atoms with Gasteiger partial charge >= 0.3 is 5.97 Å². The lowest BCUT2D eigenvalue weighted by Crippen LogP contribution is -2.39. The first-order valence-corrected chi connectivity index (χ1v) is 9.80. The minimum Gasteiger partial charge on any atom is -0.463 e. The van der Waals surface area contributed by atoms with Crippen molar-refractivity contribution >= 4 is 35.9 Å². The number of nitrogens with zero attached hydrogens (tertiary/aromatic N) is 1. The van der Waals surface area contributed by atoms with Crippen molar-refractivity contribution in [3.63, 3.8) is 0 Å². The van der Waals surface area contributed by atoms with Gasteiger partial charge in [-0.15, -0.1) is 24.0 Å². The van der Waals surface area contributed by atoms with E-state index in [1.54, 1.807) is 0 Å². The third-order valence-electron chi connectivity index (χ3n) is 4.55. The van der Waals surface area contributed by atoms with Crippen molar-refractivity contribution < 1.29 is 14.3 Å². The lowest BCUT2D eigenvalue weighted by atomic mass is 9.83. The fourth-order valence-electron chi connectivity index (χ4n) is 3.24. The molecule has 0 bridgehead atoms. The highest BCUT2D eigenvalue weighted by Gasteiger charge is 2.33. The van der Waals surface area contributed by atoms with E-state index in [0.717, 1.165) is 38.7 Å². The smallest absolute Gasteiger partial charge is 0.307 e. The number of hydrogen-bond acceptors (Lipinski definition) is 4. The van der Waals surface area contributed by atoms with Gasteiger partial charge < -0.3 is 20.1 Å². The van der Waals surface area contributed by atoms with Crippen molar-refractivity contribution in [3.8, 4) is 0 Å². The summed E-state index contributed by atoms with van der Waals surface area (Å²) in [6, 6.07) is 0. The summed E-state index contributed by atoms with van der Waals surface area (Å²) in [5.74, 6) is 0.602. The van der Waals surface area contributed by atoms with Crippen LogP contribution in [0.4, 0.5) is 0 Å². The molecule has 0 atom stereocenters. The summed E-state index contributed by atoms with van der Waals surface area (Å²) in [6.07, 6.45) is 6.37. The second-order valence-electron chi connectivity index (χ2n) is 7.06. The highest BCUT2D eigenvalue weighted by atomic mass is 127. The molecule has 0 amide bonds. The quantitative estimate of drug-likeness (QED) is 0.155. The molecule has 1 aliphatic carbocycles. The van der Waals surface area contributed by atoms with Gasteiger partial charge in [0, 0.05) is 32.8 Å². The van der Waals surface area contributed by atoms with Gasteiger partial charge in [-0.25, -0.2) is 0 Å². The Balaban J connectivity index is 0.00000625. The van der Waals surface area contributed by atoms with E-state index in [0.29, 0.717) is 13.0 Å². The largest absolute Gasteiger partial charge is 0.463 e. The molecule has 1 fully saturated rings. The average molecular weight is 483 g/mol.